The van der Waals surface area contributed by atoms with E-state index in [1.807, 2.05) is 4.90 Å². The Morgan fingerprint density at radius 2 is 1.86 bits per heavy atom. The van der Waals surface area contributed by atoms with E-state index in [2.05, 4.69) is 27.5 Å². The van der Waals surface area contributed by atoms with E-state index in [9.17, 15) is 37.1 Å². The van der Waals surface area contributed by atoms with Gasteiger partial charge in [0.2, 0.25) is 5.91 Å². The number of hydrogen-bond donors (Lipinski definition) is 3. The number of amides is 3. The molecule has 4 N–H and O–H groups in total. The van der Waals surface area contributed by atoms with Gasteiger partial charge in [-0.25, -0.2) is 0 Å². The van der Waals surface area contributed by atoms with Crippen LogP contribution in [-0.2, 0) is 20.6 Å². The van der Waals surface area contributed by atoms with Crippen molar-refractivity contribution in [1.82, 2.24) is 10.2 Å². The van der Waals surface area contributed by atoms with Crippen LogP contribution in [0.2, 0.25) is 5.02 Å². The molecule has 1 saturated heterocycles. The molecule has 0 radical (unpaired) electrons. The first-order valence-corrected chi connectivity index (χ1v) is 15.4. The Hall–Kier alpha value is -5.16. The molecule has 1 fully saturated rings. The summed E-state index contributed by atoms with van der Waals surface area (Å²) < 4.78 is 39.0. The van der Waals surface area contributed by atoms with Crippen LogP contribution in [0.3, 0.4) is 0 Å². The highest BCUT2D eigenvalue weighted by atomic mass is 35.5. The van der Waals surface area contributed by atoms with Gasteiger partial charge >= 0.3 is 6.18 Å². The van der Waals surface area contributed by atoms with Crippen molar-refractivity contribution in [2.75, 3.05) is 37.4 Å². The summed E-state index contributed by atoms with van der Waals surface area (Å²) in [5.74, 6) is 4.35. The molecule has 3 amide bonds. The lowest BCUT2D eigenvalue weighted by atomic mass is 9.97. The molecule has 260 valence electrons. The lowest BCUT2D eigenvalue weighted by Crippen LogP contribution is -2.47. The number of benzene rings is 2. The summed E-state index contributed by atoms with van der Waals surface area (Å²) in [7, 11) is 2.87. The van der Waals surface area contributed by atoms with Crippen LogP contribution in [0.15, 0.2) is 53.2 Å². The van der Waals surface area contributed by atoms with Gasteiger partial charge in [0.1, 0.15) is 17.9 Å². The number of nitrogens with one attached hydrogen (secondary N) is 2. The van der Waals surface area contributed by atoms with Crippen molar-refractivity contribution in [3.63, 3.8) is 0 Å². The first-order chi connectivity index (χ1) is 23.1. The topological polar surface area (TPSA) is 154 Å². The number of allylic oxidation sites excluding steroid dienone is 1. The number of hydrogen-bond acceptors (Lipinski definition) is 8. The molecular weight excluding hydrogens is 665 g/mol. The highest BCUT2D eigenvalue weighted by Crippen LogP contribution is 2.36. The fraction of sp³-hybridized carbons (Fsp3) is 0.353. The normalized spacial score (nSPS) is 14.3. The van der Waals surface area contributed by atoms with Crippen LogP contribution >= 0.6 is 11.6 Å². The molecule has 3 rings (SSSR count). The zero-order valence-electron chi connectivity index (χ0n) is 27.2. The van der Waals surface area contributed by atoms with Gasteiger partial charge < -0.3 is 31.0 Å². The fourth-order valence-electron chi connectivity index (χ4n) is 4.73. The molecule has 15 heteroatoms. The molecule has 11 nitrogen and oxygen atoms in total. The Labute approximate surface area is 286 Å². The maximum absolute atomic E-state index is 13.4. The number of nitrogens with two attached hydrogens (primary N) is 1. The zero-order chi connectivity index (χ0) is 36.5. The average molecular weight is 701 g/mol. The highest BCUT2D eigenvalue weighted by molar-refractivity contribution is 6.31. The van der Waals surface area contributed by atoms with E-state index in [-0.39, 0.29) is 35.6 Å². The van der Waals surface area contributed by atoms with Crippen LogP contribution in [0.4, 0.5) is 24.5 Å². The van der Waals surface area contributed by atoms with Gasteiger partial charge in [0.05, 0.1) is 27.6 Å². The Kier molecular flexibility index (Phi) is 12.7. The molecule has 0 spiro atoms. The maximum Gasteiger partial charge on any atom is 0.417 e. The molecule has 0 bridgehead atoms. The van der Waals surface area contributed by atoms with Crippen molar-refractivity contribution in [1.29, 1.82) is 0 Å². The zero-order valence-corrected chi connectivity index (χ0v) is 28.0. The maximum atomic E-state index is 13.4. The summed E-state index contributed by atoms with van der Waals surface area (Å²) >= 11 is 5.75. The summed E-state index contributed by atoms with van der Waals surface area (Å²) in [6.45, 7) is 4.00. The third-order valence-corrected chi connectivity index (χ3v) is 8.06. The Morgan fingerprint density at radius 1 is 1.16 bits per heavy atom. The van der Waals surface area contributed by atoms with Gasteiger partial charge in [-0.05, 0) is 56.7 Å². The minimum absolute atomic E-state index is 0.0715. The van der Waals surface area contributed by atoms with Gasteiger partial charge in [-0.1, -0.05) is 23.4 Å². The molecule has 1 aliphatic rings. The molecule has 0 saturated carbocycles. The van der Waals surface area contributed by atoms with E-state index in [1.54, 1.807) is 12.1 Å². The first-order valence-electron chi connectivity index (χ1n) is 15.0. The third kappa shape index (κ3) is 9.70. The van der Waals surface area contributed by atoms with Gasteiger partial charge in [-0.3, -0.25) is 24.2 Å². The Bertz CT molecular complexity index is 1720. The van der Waals surface area contributed by atoms with Crippen LogP contribution in [0.1, 0.15) is 53.0 Å². The van der Waals surface area contributed by atoms with Crippen molar-refractivity contribution in [3.8, 4) is 11.8 Å². The lowest BCUT2D eigenvalue weighted by Gasteiger charge is -2.38. The second-order valence-corrected chi connectivity index (χ2v) is 12.0. The van der Waals surface area contributed by atoms with Gasteiger partial charge in [-0.15, -0.1) is 0 Å². The summed E-state index contributed by atoms with van der Waals surface area (Å²) in [5, 5.41) is 4.45. The molecule has 0 aromatic heterocycles. The fourth-order valence-corrected chi connectivity index (χ4v) is 5.02. The van der Waals surface area contributed by atoms with E-state index in [1.165, 1.54) is 51.3 Å². The second-order valence-electron chi connectivity index (χ2n) is 11.6. The van der Waals surface area contributed by atoms with E-state index in [0.29, 0.717) is 36.9 Å². The average Bonchev–Trinajstić information content (AvgIpc) is 3.04. The van der Waals surface area contributed by atoms with Crippen LogP contribution in [0, 0.1) is 17.8 Å². The largest absolute Gasteiger partial charge is 0.417 e. The summed E-state index contributed by atoms with van der Waals surface area (Å²) in [6.07, 6.45) is -0.640. The highest BCUT2D eigenvalue weighted by Gasteiger charge is 2.34. The number of likely N-dealkylation sites (N-methyl/N-ethyl adjacent to an activating group) is 2. The third-order valence-electron chi connectivity index (χ3n) is 7.75. The molecule has 1 atom stereocenters. The van der Waals surface area contributed by atoms with Gasteiger partial charge in [-0.2, -0.15) is 13.2 Å². The van der Waals surface area contributed by atoms with Gasteiger partial charge in [0.15, 0.2) is 6.29 Å². The predicted octanol–water partition coefficient (Wildman–Crippen LogP) is 4.11. The van der Waals surface area contributed by atoms with E-state index in [4.69, 9.17) is 17.3 Å². The number of aldehydes is 2. The molecule has 2 aromatic carbocycles. The minimum Gasteiger partial charge on any atom is -0.404 e. The lowest BCUT2D eigenvalue weighted by molar-refractivity contribution is -0.137. The SMILES string of the molecule is CNC(=O)C(CCC=O)N(C)C(=O)c1cc(N2CC(C#CC(C=NC(C)(C)C(=O)Nc3ccc(C(F)(F)F)c(Cl)c3)=CN)C2)ccc1C=O. The van der Waals surface area contributed by atoms with E-state index >= 15 is 0 Å². The molecule has 1 aliphatic heterocycles. The van der Waals surface area contributed by atoms with Crippen LogP contribution < -0.4 is 21.3 Å². The van der Waals surface area contributed by atoms with Crippen LogP contribution in [-0.4, -0.2) is 80.2 Å². The number of rotatable bonds is 12. The summed E-state index contributed by atoms with van der Waals surface area (Å²) in [5.41, 5.74) is 4.69. The van der Waals surface area contributed by atoms with Crippen LogP contribution in [0.25, 0.3) is 0 Å². The van der Waals surface area contributed by atoms with Crippen molar-refractivity contribution >= 4 is 59.5 Å². The number of aliphatic imine (C=N–C) groups is 1. The molecule has 0 aliphatic carbocycles. The monoisotopic (exact) mass is 700 g/mol. The number of nitrogens with zero attached hydrogens (tertiary/aromatic N) is 3. The smallest absolute Gasteiger partial charge is 0.404 e. The second kappa shape index (κ2) is 16.3. The quantitative estimate of drug-likeness (QED) is 0.171. The number of carbonyl (C=O) groups excluding carboxylic acids is 5. The molecule has 49 heavy (non-hydrogen) atoms. The van der Waals surface area contributed by atoms with Crippen molar-refractivity contribution in [2.24, 2.45) is 16.6 Å². The number of carbonyl (C=O) groups is 5. The molecule has 2 aromatic rings. The number of halogens is 4. The van der Waals surface area contributed by atoms with E-state index in [0.717, 1.165) is 18.2 Å². The van der Waals surface area contributed by atoms with Crippen LogP contribution in [0.5, 0.6) is 0 Å². The minimum atomic E-state index is -4.63. The van der Waals surface area contributed by atoms with Crippen molar-refractivity contribution < 1.29 is 37.1 Å². The van der Waals surface area contributed by atoms with Crippen molar-refractivity contribution in [3.05, 3.63) is 69.9 Å². The molecular formula is C34H36ClF3N6O5. The van der Waals surface area contributed by atoms with E-state index < -0.39 is 46.1 Å². The van der Waals surface area contributed by atoms with Gasteiger partial charge in [0.25, 0.3) is 11.8 Å². The Morgan fingerprint density at radius 3 is 2.43 bits per heavy atom. The molecule has 1 unspecified atom stereocenters. The Balaban J connectivity index is 1.66. The number of alkyl halides is 3. The predicted molar refractivity (Wildman–Crippen MR) is 180 cm³/mol. The molecule has 1 heterocycles. The summed E-state index contributed by atoms with van der Waals surface area (Å²) in [6, 6.07) is 6.79. The standard InChI is InChI=1S/C34H36ClF3N6O5/c1-33(2,32(49)42-24-10-12-27(28(35)14-24)34(36,37)38)41-17-21(16-39)7-8-22-18-44(19-22)25-11-9-23(20-46)26(15-25)31(48)43(4)29(6-5-13-45)30(47)40-3/h9-17,20,22,29H,5-6,18-19,39H2,1-4H3,(H,40,47)(H,42,49). The van der Waals surface area contributed by atoms with Crippen molar-refractivity contribution in [2.45, 2.75) is 44.4 Å². The number of anilines is 2. The summed E-state index contributed by atoms with van der Waals surface area (Å²) in [4.78, 5) is 68.7. The van der Waals surface area contributed by atoms with Gasteiger partial charge in [0, 0.05) is 63.0 Å². The first kappa shape index (κ1) is 38.3.